The summed E-state index contributed by atoms with van der Waals surface area (Å²) in [4.78, 5) is 32.0. The van der Waals surface area contributed by atoms with Gasteiger partial charge < -0.3 is 14.8 Å². The number of methoxy groups -OCH3 is 2. The van der Waals surface area contributed by atoms with Crippen LogP contribution < -0.4 is 20.3 Å². The van der Waals surface area contributed by atoms with Crippen LogP contribution in [0.1, 0.15) is 16.9 Å². The Bertz CT molecular complexity index is 1150. The molecule has 1 N–H and O–H groups in total. The molecule has 0 atom stereocenters. The number of carbonyl (C=O) groups excluding carboxylic acids is 1. The number of anilines is 1. The normalized spacial score (nSPS) is 12.8. The van der Waals surface area contributed by atoms with Crippen molar-refractivity contribution in [2.24, 2.45) is 7.05 Å². The lowest BCUT2D eigenvalue weighted by Crippen LogP contribution is -2.21. The third-order valence-corrected chi connectivity index (χ3v) is 7.13. The number of nitrogens with zero attached hydrogens (tertiary/aromatic N) is 2. The Balaban J connectivity index is 1.52. The number of thioether (sulfide) groups is 1. The Morgan fingerprint density at radius 3 is 2.90 bits per heavy atom. The van der Waals surface area contributed by atoms with Gasteiger partial charge in [-0.3, -0.25) is 14.2 Å². The van der Waals surface area contributed by atoms with Crippen molar-refractivity contribution in [3.8, 4) is 11.5 Å². The minimum absolute atomic E-state index is 0.0354. The first-order chi connectivity index (χ1) is 14.0. The van der Waals surface area contributed by atoms with E-state index in [0.717, 1.165) is 35.0 Å². The number of aryl methyl sites for hydroxylation is 2. The lowest BCUT2D eigenvalue weighted by molar-refractivity contribution is -0.113. The van der Waals surface area contributed by atoms with E-state index in [4.69, 9.17) is 9.47 Å². The number of hydrogen-bond donors (Lipinski definition) is 1. The highest BCUT2D eigenvalue weighted by Gasteiger charge is 2.22. The first kappa shape index (κ1) is 19.8. The van der Waals surface area contributed by atoms with Crippen molar-refractivity contribution in [1.82, 2.24) is 9.55 Å². The number of ether oxygens (including phenoxy) is 2. The Kier molecular flexibility index (Phi) is 5.51. The zero-order valence-corrected chi connectivity index (χ0v) is 18.0. The number of thiophene rings is 1. The van der Waals surface area contributed by atoms with Gasteiger partial charge in [-0.05, 0) is 37.0 Å². The lowest BCUT2D eigenvalue weighted by atomic mass is 10.2. The fourth-order valence-electron chi connectivity index (χ4n) is 3.46. The summed E-state index contributed by atoms with van der Waals surface area (Å²) in [6.45, 7) is 0. The van der Waals surface area contributed by atoms with Crippen molar-refractivity contribution in [3.63, 3.8) is 0 Å². The molecule has 1 amide bonds. The van der Waals surface area contributed by atoms with E-state index in [1.54, 1.807) is 50.8 Å². The van der Waals surface area contributed by atoms with Crippen LogP contribution >= 0.6 is 23.1 Å². The fraction of sp³-hybridized carbons (Fsp3) is 0.350. The number of hydrogen-bond acceptors (Lipinski definition) is 7. The van der Waals surface area contributed by atoms with Crippen LogP contribution in [0.5, 0.6) is 11.5 Å². The standard InChI is InChI=1S/C20H21N3O4S2/c1-23-19(25)17-12-5-4-6-15(12)29-18(17)22-20(23)28-10-16(24)21-13-9-11(26-2)7-8-14(13)27-3/h7-9H,4-6,10H2,1-3H3,(H,21,24). The topological polar surface area (TPSA) is 82.5 Å². The summed E-state index contributed by atoms with van der Waals surface area (Å²) in [7, 11) is 4.81. The largest absolute Gasteiger partial charge is 0.497 e. The number of nitrogens with one attached hydrogen (secondary N) is 1. The van der Waals surface area contributed by atoms with E-state index in [2.05, 4.69) is 10.3 Å². The maximum atomic E-state index is 12.8. The van der Waals surface area contributed by atoms with Crippen LogP contribution in [0.3, 0.4) is 0 Å². The van der Waals surface area contributed by atoms with Gasteiger partial charge in [0.2, 0.25) is 5.91 Å². The maximum Gasteiger partial charge on any atom is 0.262 e. The molecule has 1 aliphatic rings. The second-order valence-corrected chi connectivity index (χ2v) is 8.73. The molecule has 7 nitrogen and oxygen atoms in total. The van der Waals surface area contributed by atoms with Crippen LogP contribution in [-0.2, 0) is 24.7 Å². The molecule has 1 aliphatic carbocycles. The van der Waals surface area contributed by atoms with Gasteiger partial charge in [-0.25, -0.2) is 4.98 Å². The SMILES string of the molecule is COc1ccc(OC)c(NC(=O)CSc2nc3sc4c(c3c(=O)n2C)CCC4)c1. The summed E-state index contributed by atoms with van der Waals surface area (Å²) in [5.41, 5.74) is 1.66. The van der Waals surface area contributed by atoms with Crippen molar-refractivity contribution in [1.29, 1.82) is 0 Å². The molecular formula is C20H21N3O4S2. The zero-order valence-electron chi connectivity index (χ0n) is 16.4. The van der Waals surface area contributed by atoms with Gasteiger partial charge in [0.05, 0.1) is 31.0 Å². The molecule has 2 aromatic heterocycles. The summed E-state index contributed by atoms with van der Waals surface area (Å²) >= 11 is 2.84. The summed E-state index contributed by atoms with van der Waals surface area (Å²) < 4.78 is 12.0. The quantitative estimate of drug-likeness (QED) is 0.477. The number of rotatable bonds is 6. The fourth-order valence-corrected chi connectivity index (χ4v) is 5.54. The second kappa shape index (κ2) is 8.08. The molecule has 4 rings (SSSR count). The Morgan fingerprint density at radius 1 is 1.31 bits per heavy atom. The molecular weight excluding hydrogens is 410 g/mol. The number of amides is 1. The smallest absolute Gasteiger partial charge is 0.262 e. The van der Waals surface area contributed by atoms with Gasteiger partial charge in [-0.15, -0.1) is 11.3 Å². The molecule has 2 heterocycles. The number of fused-ring (bicyclic) bond motifs is 3. The van der Waals surface area contributed by atoms with Crippen LogP contribution in [0.25, 0.3) is 10.2 Å². The molecule has 0 unspecified atom stereocenters. The molecule has 29 heavy (non-hydrogen) atoms. The summed E-state index contributed by atoms with van der Waals surface area (Å²) in [6, 6.07) is 5.20. The van der Waals surface area contributed by atoms with Gasteiger partial charge in [0.15, 0.2) is 5.16 Å². The van der Waals surface area contributed by atoms with Crippen molar-refractivity contribution >= 4 is 44.9 Å². The van der Waals surface area contributed by atoms with Crippen molar-refractivity contribution in [2.45, 2.75) is 24.4 Å². The molecule has 0 saturated heterocycles. The highest BCUT2D eigenvalue weighted by atomic mass is 32.2. The average molecular weight is 432 g/mol. The average Bonchev–Trinajstić information content (AvgIpc) is 3.30. The molecule has 1 aromatic carbocycles. The monoisotopic (exact) mass is 431 g/mol. The molecule has 152 valence electrons. The highest BCUT2D eigenvalue weighted by molar-refractivity contribution is 7.99. The van der Waals surface area contributed by atoms with Gasteiger partial charge in [-0.2, -0.15) is 0 Å². The number of benzene rings is 1. The molecule has 0 bridgehead atoms. The first-order valence-corrected chi connectivity index (χ1v) is 11.0. The first-order valence-electron chi connectivity index (χ1n) is 9.17. The predicted molar refractivity (Wildman–Crippen MR) is 116 cm³/mol. The summed E-state index contributed by atoms with van der Waals surface area (Å²) in [6.07, 6.45) is 3.07. The van der Waals surface area contributed by atoms with Crippen LogP contribution in [0.15, 0.2) is 28.2 Å². The van der Waals surface area contributed by atoms with E-state index < -0.39 is 0 Å². The van der Waals surface area contributed by atoms with Gasteiger partial charge in [0.25, 0.3) is 5.56 Å². The highest BCUT2D eigenvalue weighted by Crippen LogP contribution is 2.35. The maximum absolute atomic E-state index is 12.8. The van der Waals surface area contributed by atoms with Crippen LogP contribution in [0.4, 0.5) is 5.69 Å². The number of carbonyl (C=O) groups is 1. The van der Waals surface area contributed by atoms with Gasteiger partial charge in [0, 0.05) is 18.0 Å². The Labute approximate surface area is 176 Å². The van der Waals surface area contributed by atoms with Gasteiger partial charge >= 0.3 is 0 Å². The second-order valence-electron chi connectivity index (χ2n) is 6.70. The van der Waals surface area contributed by atoms with Crippen molar-refractivity contribution in [2.75, 3.05) is 25.3 Å². The molecule has 0 radical (unpaired) electrons. The van der Waals surface area contributed by atoms with Crippen LogP contribution in [-0.4, -0.2) is 35.4 Å². The third kappa shape index (κ3) is 3.72. The minimum Gasteiger partial charge on any atom is -0.497 e. The van der Waals surface area contributed by atoms with E-state index >= 15 is 0 Å². The molecule has 0 fully saturated rings. The molecule has 0 aliphatic heterocycles. The van der Waals surface area contributed by atoms with Gasteiger partial charge in [-0.1, -0.05) is 11.8 Å². The van der Waals surface area contributed by atoms with E-state index in [9.17, 15) is 9.59 Å². The zero-order chi connectivity index (χ0) is 20.5. The minimum atomic E-state index is -0.218. The van der Waals surface area contributed by atoms with E-state index in [-0.39, 0.29) is 17.2 Å². The molecule has 0 saturated carbocycles. The van der Waals surface area contributed by atoms with Crippen LogP contribution in [0, 0.1) is 0 Å². The third-order valence-electron chi connectivity index (χ3n) is 4.92. The van der Waals surface area contributed by atoms with E-state index in [1.165, 1.54) is 21.2 Å². The molecule has 9 heteroatoms. The Morgan fingerprint density at radius 2 is 2.14 bits per heavy atom. The predicted octanol–water partition coefficient (Wildman–Crippen LogP) is 3.23. The van der Waals surface area contributed by atoms with E-state index in [0.29, 0.717) is 22.3 Å². The van der Waals surface area contributed by atoms with Crippen molar-refractivity contribution in [3.05, 3.63) is 39.0 Å². The lowest BCUT2D eigenvalue weighted by Gasteiger charge is -2.12. The van der Waals surface area contributed by atoms with Gasteiger partial charge in [0.1, 0.15) is 16.3 Å². The van der Waals surface area contributed by atoms with Crippen LogP contribution in [0.2, 0.25) is 0 Å². The summed E-state index contributed by atoms with van der Waals surface area (Å²) in [5, 5.41) is 4.12. The number of aromatic nitrogens is 2. The Hall–Kier alpha value is -2.52. The van der Waals surface area contributed by atoms with Crippen molar-refractivity contribution < 1.29 is 14.3 Å². The van der Waals surface area contributed by atoms with E-state index in [1.807, 2.05) is 0 Å². The molecule has 3 aromatic rings. The summed E-state index contributed by atoms with van der Waals surface area (Å²) in [5.74, 6) is 1.07. The molecule has 0 spiro atoms.